The van der Waals surface area contributed by atoms with Gasteiger partial charge < -0.3 is 32.1 Å². The number of carboxylic acids is 1. The lowest BCUT2D eigenvalue weighted by atomic mass is 10.0. The number of hydrogen-bond acceptors (Lipinski definition) is 6. The summed E-state index contributed by atoms with van der Waals surface area (Å²) < 4.78 is 0. The predicted molar refractivity (Wildman–Crippen MR) is 103 cm³/mol. The first-order chi connectivity index (χ1) is 13.2. The van der Waals surface area contributed by atoms with Gasteiger partial charge in [-0.15, -0.1) is 0 Å². The van der Waals surface area contributed by atoms with Gasteiger partial charge in [0.05, 0.1) is 6.04 Å². The van der Waals surface area contributed by atoms with Crippen molar-refractivity contribution >= 4 is 23.7 Å². The minimum absolute atomic E-state index is 0.248. The number of nitrogens with two attached hydrogens (primary N) is 2. The number of carbonyl (C=O) groups is 4. The molecule has 28 heavy (non-hydrogen) atoms. The molecule has 3 atom stereocenters. The molecule has 160 valence electrons. The summed E-state index contributed by atoms with van der Waals surface area (Å²) in [5.41, 5.74) is 11.4. The van der Waals surface area contributed by atoms with Crippen LogP contribution in [0.15, 0.2) is 0 Å². The van der Waals surface area contributed by atoms with Crippen LogP contribution in [0.1, 0.15) is 46.0 Å². The molecule has 0 radical (unpaired) electrons. The highest BCUT2D eigenvalue weighted by molar-refractivity contribution is 5.94. The number of amides is 3. The van der Waals surface area contributed by atoms with E-state index in [0.29, 0.717) is 32.4 Å². The van der Waals surface area contributed by atoms with Crippen LogP contribution in [0.5, 0.6) is 0 Å². The van der Waals surface area contributed by atoms with E-state index in [4.69, 9.17) is 16.6 Å². The normalized spacial score (nSPS) is 18.6. The second-order valence-electron chi connectivity index (χ2n) is 7.42. The van der Waals surface area contributed by atoms with Gasteiger partial charge in [0.2, 0.25) is 17.7 Å². The Kier molecular flexibility index (Phi) is 9.88. The molecular formula is C18H33N5O5. The Balaban J connectivity index is 2.72. The third-order valence-electron chi connectivity index (χ3n) is 4.79. The second kappa shape index (κ2) is 11.6. The molecule has 1 heterocycles. The Labute approximate surface area is 165 Å². The molecule has 3 unspecified atom stereocenters. The Hall–Kier alpha value is -2.20. The van der Waals surface area contributed by atoms with Crippen LogP contribution in [-0.4, -0.2) is 71.5 Å². The van der Waals surface area contributed by atoms with Crippen molar-refractivity contribution in [3.8, 4) is 0 Å². The first-order valence-electron chi connectivity index (χ1n) is 9.75. The highest BCUT2D eigenvalue weighted by Crippen LogP contribution is 2.20. The third kappa shape index (κ3) is 7.08. The van der Waals surface area contributed by atoms with Crippen molar-refractivity contribution in [2.45, 2.75) is 64.1 Å². The van der Waals surface area contributed by atoms with Crippen molar-refractivity contribution < 1.29 is 24.3 Å². The van der Waals surface area contributed by atoms with E-state index in [1.807, 2.05) is 0 Å². The zero-order valence-electron chi connectivity index (χ0n) is 16.6. The highest BCUT2D eigenvalue weighted by Gasteiger charge is 2.37. The van der Waals surface area contributed by atoms with Gasteiger partial charge in [-0.1, -0.05) is 20.3 Å². The van der Waals surface area contributed by atoms with Crippen LogP contribution >= 0.6 is 0 Å². The van der Waals surface area contributed by atoms with Crippen molar-refractivity contribution in [2.24, 2.45) is 17.4 Å². The number of rotatable bonds is 11. The van der Waals surface area contributed by atoms with Crippen molar-refractivity contribution in [1.29, 1.82) is 0 Å². The molecule has 0 aromatic carbocycles. The van der Waals surface area contributed by atoms with Gasteiger partial charge in [-0.05, 0) is 38.1 Å². The lowest BCUT2D eigenvalue weighted by Crippen LogP contribution is -2.56. The molecule has 0 aliphatic carbocycles. The van der Waals surface area contributed by atoms with Crippen molar-refractivity contribution in [3.63, 3.8) is 0 Å². The molecule has 0 saturated carbocycles. The van der Waals surface area contributed by atoms with Gasteiger partial charge in [0, 0.05) is 6.54 Å². The summed E-state index contributed by atoms with van der Waals surface area (Å²) in [5.74, 6) is -2.68. The fourth-order valence-corrected chi connectivity index (χ4v) is 3.21. The maximum absolute atomic E-state index is 12.7. The molecule has 10 nitrogen and oxygen atoms in total. The highest BCUT2D eigenvalue weighted by atomic mass is 16.4. The molecule has 0 aromatic rings. The maximum atomic E-state index is 12.7. The van der Waals surface area contributed by atoms with E-state index in [9.17, 15) is 19.2 Å². The minimum Gasteiger partial charge on any atom is -0.480 e. The van der Waals surface area contributed by atoms with Gasteiger partial charge >= 0.3 is 5.97 Å². The van der Waals surface area contributed by atoms with E-state index in [0.717, 1.165) is 12.8 Å². The van der Waals surface area contributed by atoms with Crippen LogP contribution in [-0.2, 0) is 19.2 Å². The molecule has 7 N–H and O–H groups in total. The van der Waals surface area contributed by atoms with Crippen LogP contribution in [0.4, 0.5) is 0 Å². The molecule has 0 spiro atoms. The van der Waals surface area contributed by atoms with Gasteiger partial charge in [-0.25, -0.2) is 0 Å². The molecule has 1 fully saturated rings. The lowest BCUT2D eigenvalue weighted by molar-refractivity contribution is -0.141. The molecule has 1 rings (SSSR count). The van der Waals surface area contributed by atoms with E-state index in [2.05, 4.69) is 10.6 Å². The standard InChI is InChI=1S/C18H33N5O5/c1-11(2)15(17(27)21-10-14(24)25)22-16(26)13-7-5-9-23(13)18(28)12(20)6-3-4-8-19/h11-13,15H,3-10,19-20H2,1-2H3,(H,21,27)(H,22,26)(H,24,25). The Bertz CT molecular complexity index is 569. The fraction of sp³-hybridized carbons (Fsp3) is 0.778. The zero-order chi connectivity index (χ0) is 21.3. The number of nitrogens with one attached hydrogen (secondary N) is 2. The van der Waals surface area contributed by atoms with Crippen molar-refractivity contribution in [1.82, 2.24) is 15.5 Å². The Morgan fingerprint density at radius 3 is 2.46 bits per heavy atom. The average Bonchev–Trinajstić information content (AvgIpc) is 3.12. The Morgan fingerprint density at radius 1 is 1.21 bits per heavy atom. The fourth-order valence-electron chi connectivity index (χ4n) is 3.21. The minimum atomic E-state index is -1.17. The lowest BCUT2D eigenvalue weighted by Gasteiger charge is -2.29. The molecule has 3 amide bonds. The van der Waals surface area contributed by atoms with E-state index in [1.165, 1.54) is 4.90 Å². The van der Waals surface area contributed by atoms with Crippen LogP contribution in [0, 0.1) is 5.92 Å². The van der Waals surface area contributed by atoms with Gasteiger partial charge in [-0.3, -0.25) is 19.2 Å². The monoisotopic (exact) mass is 399 g/mol. The summed E-state index contributed by atoms with van der Waals surface area (Å²) in [6.07, 6.45) is 3.21. The molecule has 1 saturated heterocycles. The molecule has 0 bridgehead atoms. The predicted octanol–water partition coefficient (Wildman–Crippen LogP) is -1.22. The van der Waals surface area contributed by atoms with Crippen molar-refractivity contribution in [2.75, 3.05) is 19.6 Å². The molecular weight excluding hydrogens is 366 g/mol. The number of unbranched alkanes of at least 4 members (excludes halogenated alkanes) is 1. The van der Waals surface area contributed by atoms with Gasteiger partial charge in [0.25, 0.3) is 0 Å². The largest absolute Gasteiger partial charge is 0.480 e. The topological polar surface area (TPSA) is 168 Å². The quantitative estimate of drug-likeness (QED) is 0.271. The van der Waals surface area contributed by atoms with E-state index < -0.39 is 42.5 Å². The van der Waals surface area contributed by atoms with Crippen LogP contribution < -0.4 is 22.1 Å². The van der Waals surface area contributed by atoms with Crippen molar-refractivity contribution in [3.05, 3.63) is 0 Å². The average molecular weight is 399 g/mol. The van der Waals surface area contributed by atoms with Crippen LogP contribution in [0.3, 0.4) is 0 Å². The Morgan fingerprint density at radius 2 is 1.89 bits per heavy atom. The second-order valence-corrected chi connectivity index (χ2v) is 7.42. The number of hydrogen-bond donors (Lipinski definition) is 5. The summed E-state index contributed by atoms with van der Waals surface area (Å²) in [7, 11) is 0. The maximum Gasteiger partial charge on any atom is 0.322 e. The third-order valence-corrected chi connectivity index (χ3v) is 4.79. The van der Waals surface area contributed by atoms with Gasteiger partial charge in [0.15, 0.2) is 0 Å². The summed E-state index contributed by atoms with van der Waals surface area (Å²) >= 11 is 0. The smallest absolute Gasteiger partial charge is 0.322 e. The SMILES string of the molecule is CC(C)C(NC(=O)C1CCCN1C(=O)C(N)CCCCN)C(=O)NCC(=O)O. The molecule has 0 aromatic heterocycles. The summed E-state index contributed by atoms with van der Waals surface area (Å²) in [6.45, 7) is 3.95. The van der Waals surface area contributed by atoms with Crippen LogP contribution in [0.25, 0.3) is 0 Å². The molecule has 10 heteroatoms. The van der Waals surface area contributed by atoms with Crippen LogP contribution in [0.2, 0.25) is 0 Å². The number of nitrogens with zero attached hydrogens (tertiary/aromatic N) is 1. The summed E-state index contributed by atoms with van der Waals surface area (Å²) in [5, 5.41) is 13.6. The van der Waals surface area contributed by atoms with Gasteiger partial charge in [0.1, 0.15) is 18.6 Å². The number of carboxylic acid groups (broad SMARTS) is 1. The summed E-state index contributed by atoms with van der Waals surface area (Å²) in [6, 6.07) is -2.25. The number of carbonyl (C=O) groups excluding carboxylic acids is 3. The zero-order valence-corrected chi connectivity index (χ0v) is 16.6. The van der Waals surface area contributed by atoms with E-state index in [1.54, 1.807) is 13.8 Å². The van der Waals surface area contributed by atoms with E-state index in [-0.39, 0.29) is 11.8 Å². The summed E-state index contributed by atoms with van der Waals surface area (Å²) in [4.78, 5) is 49.7. The molecule has 1 aliphatic heterocycles. The number of likely N-dealkylation sites (tertiary alicyclic amines) is 1. The van der Waals surface area contributed by atoms with Gasteiger partial charge in [-0.2, -0.15) is 0 Å². The number of aliphatic carboxylic acids is 1. The first-order valence-corrected chi connectivity index (χ1v) is 9.75. The molecule has 1 aliphatic rings. The van der Waals surface area contributed by atoms with E-state index >= 15 is 0 Å². The first kappa shape index (κ1) is 23.8.